The third-order valence-corrected chi connectivity index (χ3v) is 4.03. The zero-order chi connectivity index (χ0) is 18.8. The standard InChI is InChI=1S/C18H27F3N4O/c1-2-22-17(23-9-11-26-16-6-4-3-5-7-16)24-12-15-8-10-25(13-15)14-18(19,20)21/h3-7,15H,2,8-14H2,1H3,(H2,22,23,24). The normalized spacial score (nSPS) is 18.8. The number of aliphatic imine (C=N–C) groups is 1. The van der Waals surface area contributed by atoms with Gasteiger partial charge in [-0.25, -0.2) is 0 Å². The molecular formula is C18H27F3N4O. The molecule has 1 aromatic rings. The molecule has 0 aromatic heterocycles. The van der Waals surface area contributed by atoms with E-state index < -0.39 is 12.7 Å². The largest absolute Gasteiger partial charge is 0.492 e. The van der Waals surface area contributed by atoms with Gasteiger partial charge in [0.15, 0.2) is 5.96 Å². The summed E-state index contributed by atoms with van der Waals surface area (Å²) in [5.74, 6) is 1.64. The summed E-state index contributed by atoms with van der Waals surface area (Å²) in [6.45, 7) is 4.39. The third-order valence-electron chi connectivity index (χ3n) is 4.03. The van der Waals surface area contributed by atoms with Crippen LogP contribution in [0.25, 0.3) is 0 Å². The number of halogens is 3. The first kappa shape index (κ1) is 20.4. The van der Waals surface area contributed by atoms with Crippen LogP contribution in [-0.4, -0.2) is 62.9 Å². The van der Waals surface area contributed by atoms with Gasteiger partial charge in [-0.1, -0.05) is 18.2 Å². The molecule has 1 unspecified atom stereocenters. The minimum Gasteiger partial charge on any atom is -0.492 e. The van der Waals surface area contributed by atoms with Crippen molar-refractivity contribution in [3.8, 4) is 5.75 Å². The van der Waals surface area contributed by atoms with Gasteiger partial charge in [-0.15, -0.1) is 0 Å². The lowest BCUT2D eigenvalue weighted by Crippen LogP contribution is -2.39. The van der Waals surface area contributed by atoms with Gasteiger partial charge in [0, 0.05) is 19.6 Å². The smallest absolute Gasteiger partial charge is 0.401 e. The number of nitrogens with one attached hydrogen (secondary N) is 2. The summed E-state index contributed by atoms with van der Waals surface area (Å²) < 4.78 is 42.9. The number of guanidine groups is 1. The highest BCUT2D eigenvalue weighted by atomic mass is 19.4. The first-order valence-electron chi connectivity index (χ1n) is 8.95. The van der Waals surface area contributed by atoms with E-state index in [1.807, 2.05) is 37.3 Å². The summed E-state index contributed by atoms with van der Waals surface area (Å²) >= 11 is 0. The fourth-order valence-electron chi connectivity index (χ4n) is 2.88. The maximum Gasteiger partial charge on any atom is 0.401 e. The fourth-order valence-corrected chi connectivity index (χ4v) is 2.88. The van der Waals surface area contributed by atoms with Gasteiger partial charge in [-0.2, -0.15) is 13.2 Å². The molecule has 1 fully saturated rings. The highest BCUT2D eigenvalue weighted by molar-refractivity contribution is 5.79. The Hall–Kier alpha value is -1.96. The Morgan fingerprint density at radius 3 is 2.73 bits per heavy atom. The van der Waals surface area contributed by atoms with E-state index in [4.69, 9.17) is 4.74 Å². The van der Waals surface area contributed by atoms with Gasteiger partial charge in [0.05, 0.1) is 13.1 Å². The molecule has 0 aliphatic carbocycles. The van der Waals surface area contributed by atoms with Gasteiger partial charge < -0.3 is 15.4 Å². The highest BCUT2D eigenvalue weighted by Crippen LogP contribution is 2.22. The summed E-state index contributed by atoms with van der Waals surface area (Å²) in [5.41, 5.74) is 0. The monoisotopic (exact) mass is 372 g/mol. The molecule has 1 aliphatic heterocycles. The maximum absolute atomic E-state index is 12.4. The Labute approximate surface area is 152 Å². The fraction of sp³-hybridized carbons (Fsp3) is 0.611. The van der Waals surface area contributed by atoms with Gasteiger partial charge >= 0.3 is 6.18 Å². The van der Waals surface area contributed by atoms with Crippen LogP contribution in [0.4, 0.5) is 13.2 Å². The Bertz CT molecular complexity index is 551. The zero-order valence-electron chi connectivity index (χ0n) is 15.1. The van der Waals surface area contributed by atoms with Crippen LogP contribution in [0.3, 0.4) is 0 Å². The number of likely N-dealkylation sites (tertiary alicyclic amines) is 1. The van der Waals surface area contributed by atoms with Gasteiger partial charge in [-0.3, -0.25) is 9.89 Å². The second-order valence-electron chi connectivity index (χ2n) is 6.31. The van der Waals surface area contributed by atoms with E-state index in [0.717, 1.165) is 18.7 Å². The summed E-state index contributed by atoms with van der Waals surface area (Å²) in [4.78, 5) is 5.95. The molecule has 0 amide bonds. The number of benzene rings is 1. The van der Waals surface area contributed by atoms with Gasteiger partial charge in [0.25, 0.3) is 0 Å². The molecule has 26 heavy (non-hydrogen) atoms. The van der Waals surface area contributed by atoms with Crippen LogP contribution < -0.4 is 15.4 Å². The van der Waals surface area contributed by atoms with E-state index in [0.29, 0.717) is 38.7 Å². The molecule has 146 valence electrons. The molecule has 2 rings (SSSR count). The molecule has 0 saturated carbocycles. The average Bonchev–Trinajstić information content (AvgIpc) is 3.02. The van der Waals surface area contributed by atoms with E-state index in [9.17, 15) is 13.2 Å². The molecule has 1 saturated heterocycles. The van der Waals surface area contributed by atoms with Crippen LogP contribution in [0.1, 0.15) is 13.3 Å². The number of rotatable bonds is 8. The van der Waals surface area contributed by atoms with Crippen LogP contribution in [0.15, 0.2) is 35.3 Å². The van der Waals surface area contributed by atoms with Crippen molar-refractivity contribution in [2.24, 2.45) is 10.9 Å². The SMILES string of the molecule is CCNC(=NCC1CCN(CC(F)(F)F)C1)NCCOc1ccccc1. The van der Waals surface area contributed by atoms with E-state index in [1.165, 1.54) is 4.90 Å². The van der Waals surface area contributed by atoms with E-state index >= 15 is 0 Å². The number of nitrogens with zero attached hydrogens (tertiary/aromatic N) is 2. The molecule has 2 N–H and O–H groups in total. The average molecular weight is 372 g/mol. The number of ether oxygens (including phenoxy) is 1. The Morgan fingerprint density at radius 2 is 2.04 bits per heavy atom. The number of hydrogen-bond donors (Lipinski definition) is 2. The Balaban J connectivity index is 1.71. The predicted octanol–water partition coefficient (Wildman–Crippen LogP) is 2.50. The van der Waals surface area contributed by atoms with Gasteiger partial charge in [0.2, 0.25) is 0 Å². The van der Waals surface area contributed by atoms with E-state index in [1.54, 1.807) is 0 Å². The topological polar surface area (TPSA) is 48.9 Å². The quantitative estimate of drug-likeness (QED) is 0.418. The number of para-hydroxylation sites is 1. The molecule has 0 radical (unpaired) electrons. The van der Waals surface area contributed by atoms with E-state index in [2.05, 4.69) is 15.6 Å². The first-order chi connectivity index (χ1) is 12.5. The van der Waals surface area contributed by atoms with Crippen LogP contribution in [0, 0.1) is 5.92 Å². The van der Waals surface area contributed by atoms with Crippen LogP contribution in [-0.2, 0) is 0 Å². The summed E-state index contributed by atoms with van der Waals surface area (Å²) in [6, 6.07) is 9.55. The van der Waals surface area contributed by atoms with Crippen molar-refractivity contribution >= 4 is 5.96 Å². The van der Waals surface area contributed by atoms with Crippen molar-refractivity contribution in [1.82, 2.24) is 15.5 Å². The molecule has 1 atom stereocenters. The molecule has 0 spiro atoms. The van der Waals surface area contributed by atoms with Gasteiger partial charge in [-0.05, 0) is 37.9 Å². The minimum absolute atomic E-state index is 0.161. The van der Waals surface area contributed by atoms with Crippen molar-refractivity contribution in [3.63, 3.8) is 0 Å². The van der Waals surface area contributed by atoms with Crippen LogP contribution in [0.2, 0.25) is 0 Å². The molecule has 5 nitrogen and oxygen atoms in total. The third kappa shape index (κ3) is 7.95. The van der Waals surface area contributed by atoms with Crippen LogP contribution >= 0.6 is 0 Å². The Morgan fingerprint density at radius 1 is 1.27 bits per heavy atom. The van der Waals surface area contributed by atoms with Crippen molar-refractivity contribution in [2.75, 3.05) is 45.9 Å². The van der Waals surface area contributed by atoms with E-state index in [-0.39, 0.29) is 5.92 Å². The molecular weight excluding hydrogens is 345 g/mol. The summed E-state index contributed by atoms with van der Waals surface area (Å²) in [5, 5.41) is 6.33. The van der Waals surface area contributed by atoms with Gasteiger partial charge in [0.1, 0.15) is 12.4 Å². The predicted molar refractivity (Wildman–Crippen MR) is 96.5 cm³/mol. The second kappa shape index (κ2) is 10.3. The summed E-state index contributed by atoms with van der Waals surface area (Å²) in [7, 11) is 0. The van der Waals surface area contributed by atoms with Crippen molar-refractivity contribution < 1.29 is 17.9 Å². The number of hydrogen-bond acceptors (Lipinski definition) is 3. The lowest BCUT2D eigenvalue weighted by Gasteiger charge is -2.17. The minimum atomic E-state index is -4.13. The second-order valence-corrected chi connectivity index (χ2v) is 6.31. The van der Waals surface area contributed by atoms with Crippen molar-refractivity contribution in [2.45, 2.75) is 19.5 Å². The lowest BCUT2D eigenvalue weighted by atomic mass is 10.1. The zero-order valence-corrected chi connectivity index (χ0v) is 15.1. The first-order valence-corrected chi connectivity index (χ1v) is 8.95. The highest BCUT2D eigenvalue weighted by Gasteiger charge is 2.34. The maximum atomic E-state index is 12.4. The van der Waals surface area contributed by atoms with Crippen LogP contribution in [0.5, 0.6) is 5.75 Å². The Kier molecular flexibility index (Phi) is 8.03. The molecule has 0 bridgehead atoms. The molecule has 1 aromatic carbocycles. The molecule has 8 heteroatoms. The van der Waals surface area contributed by atoms with Crippen molar-refractivity contribution in [3.05, 3.63) is 30.3 Å². The summed E-state index contributed by atoms with van der Waals surface area (Å²) in [6.07, 6.45) is -3.39. The molecule has 1 aliphatic rings. The lowest BCUT2D eigenvalue weighted by molar-refractivity contribution is -0.143. The number of alkyl halides is 3. The molecule has 1 heterocycles. The van der Waals surface area contributed by atoms with Crippen molar-refractivity contribution in [1.29, 1.82) is 0 Å².